The number of nitriles is 1. The molecule has 1 N–H and O–H groups in total. The van der Waals surface area contributed by atoms with E-state index in [1.807, 2.05) is 0 Å². The van der Waals surface area contributed by atoms with Gasteiger partial charge in [-0.2, -0.15) is 5.26 Å². The zero-order valence-electron chi connectivity index (χ0n) is 8.24. The van der Waals surface area contributed by atoms with Gasteiger partial charge in [0.25, 0.3) is 0 Å². The molecule has 0 spiro atoms. The van der Waals surface area contributed by atoms with Crippen molar-refractivity contribution in [2.75, 3.05) is 13.2 Å². The first-order valence-corrected chi connectivity index (χ1v) is 5.03. The van der Waals surface area contributed by atoms with E-state index in [9.17, 15) is 0 Å². The fraction of sp³-hybridized carbons (Fsp3) is 0.900. The molecule has 1 fully saturated rings. The van der Waals surface area contributed by atoms with Crippen molar-refractivity contribution in [2.45, 2.75) is 44.7 Å². The second kappa shape index (κ2) is 5.21. The van der Waals surface area contributed by atoms with Gasteiger partial charge in [-0.1, -0.05) is 6.42 Å². The molecule has 1 atom stereocenters. The minimum absolute atomic E-state index is 0.201. The smallest absolute Gasteiger partial charge is 0.0638 e. The lowest BCUT2D eigenvalue weighted by Crippen LogP contribution is -2.46. The van der Waals surface area contributed by atoms with Crippen LogP contribution in [0.1, 0.15) is 32.6 Å². The average molecular weight is 182 g/mol. The molecule has 0 amide bonds. The Morgan fingerprint density at radius 3 is 2.69 bits per heavy atom. The van der Waals surface area contributed by atoms with Gasteiger partial charge in [-0.25, -0.2) is 0 Å². The number of hydrogen-bond acceptors (Lipinski definition) is 3. The molecule has 0 aromatic heterocycles. The van der Waals surface area contributed by atoms with Crippen LogP contribution in [0.25, 0.3) is 0 Å². The number of aliphatic hydroxyl groups excluding tert-OH is 1. The van der Waals surface area contributed by atoms with E-state index in [4.69, 9.17) is 10.4 Å². The summed E-state index contributed by atoms with van der Waals surface area (Å²) in [5, 5.41) is 17.5. The summed E-state index contributed by atoms with van der Waals surface area (Å²) in [6, 6.07) is 3.10. The van der Waals surface area contributed by atoms with Crippen LogP contribution in [0.4, 0.5) is 0 Å². The van der Waals surface area contributed by atoms with Gasteiger partial charge in [-0.05, 0) is 19.8 Å². The van der Waals surface area contributed by atoms with Crippen molar-refractivity contribution < 1.29 is 5.11 Å². The van der Waals surface area contributed by atoms with Gasteiger partial charge < -0.3 is 5.11 Å². The summed E-state index contributed by atoms with van der Waals surface area (Å²) in [5.74, 6) is 0. The van der Waals surface area contributed by atoms with Gasteiger partial charge in [0.05, 0.1) is 19.1 Å². The summed E-state index contributed by atoms with van der Waals surface area (Å²) in [6.07, 6.45) is 4.33. The molecule has 0 saturated heterocycles. The van der Waals surface area contributed by atoms with Gasteiger partial charge in [0.15, 0.2) is 0 Å². The molecular formula is C10H18N2O. The van der Waals surface area contributed by atoms with E-state index in [0.29, 0.717) is 25.0 Å². The van der Waals surface area contributed by atoms with E-state index in [1.165, 1.54) is 19.3 Å². The van der Waals surface area contributed by atoms with E-state index < -0.39 is 0 Å². The Labute approximate surface area is 80.0 Å². The van der Waals surface area contributed by atoms with Crippen molar-refractivity contribution in [2.24, 2.45) is 0 Å². The fourth-order valence-electron chi connectivity index (χ4n) is 1.85. The molecule has 0 bridgehead atoms. The maximum Gasteiger partial charge on any atom is 0.0638 e. The quantitative estimate of drug-likeness (QED) is 0.693. The highest BCUT2D eigenvalue weighted by Gasteiger charge is 2.27. The molecule has 0 heterocycles. The van der Waals surface area contributed by atoms with Crippen molar-refractivity contribution in [3.05, 3.63) is 0 Å². The van der Waals surface area contributed by atoms with Crippen molar-refractivity contribution in [3.8, 4) is 6.07 Å². The van der Waals surface area contributed by atoms with Crippen molar-refractivity contribution >= 4 is 0 Å². The van der Waals surface area contributed by atoms with Gasteiger partial charge in [0.2, 0.25) is 0 Å². The first-order chi connectivity index (χ1) is 6.29. The predicted molar refractivity (Wildman–Crippen MR) is 51.1 cm³/mol. The number of nitrogens with zero attached hydrogens (tertiary/aromatic N) is 2. The molecule has 1 unspecified atom stereocenters. The lowest BCUT2D eigenvalue weighted by molar-refractivity contribution is 0.0682. The second-order valence-corrected chi connectivity index (χ2v) is 3.76. The van der Waals surface area contributed by atoms with Gasteiger partial charge >= 0.3 is 0 Å². The second-order valence-electron chi connectivity index (χ2n) is 3.76. The highest BCUT2D eigenvalue weighted by molar-refractivity contribution is 4.87. The lowest BCUT2D eigenvalue weighted by atomic mass is 9.90. The summed E-state index contributed by atoms with van der Waals surface area (Å²) < 4.78 is 0. The first-order valence-electron chi connectivity index (χ1n) is 5.03. The third-order valence-electron chi connectivity index (χ3n) is 2.85. The van der Waals surface area contributed by atoms with Gasteiger partial charge in [0.1, 0.15) is 0 Å². The van der Waals surface area contributed by atoms with Gasteiger partial charge in [0, 0.05) is 18.6 Å². The summed E-state index contributed by atoms with van der Waals surface area (Å²) in [6.45, 7) is 2.98. The van der Waals surface area contributed by atoms with Crippen LogP contribution in [0.5, 0.6) is 0 Å². The summed E-state index contributed by atoms with van der Waals surface area (Å²) in [7, 11) is 0. The Kier molecular flexibility index (Phi) is 4.20. The highest BCUT2D eigenvalue weighted by Crippen LogP contribution is 2.26. The third kappa shape index (κ3) is 2.68. The SMILES string of the molecule is CC(CC#N)N(CCO)C1CCC1. The van der Waals surface area contributed by atoms with E-state index in [1.54, 1.807) is 0 Å². The molecule has 13 heavy (non-hydrogen) atoms. The molecule has 3 heteroatoms. The van der Waals surface area contributed by atoms with Crippen molar-refractivity contribution in [3.63, 3.8) is 0 Å². The Morgan fingerprint density at radius 1 is 1.62 bits per heavy atom. The average Bonchev–Trinajstić information content (AvgIpc) is 2.01. The predicted octanol–water partition coefficient (Wildman–Crippen LogP) is 1.14. The zero-order chi connectivity index (χ0) is 9.68. The molecule has 1 saturated carbocycles. The standard InChI is InChI=1S/C10H18N2O/c1-9(5-6-11)12(7-8-13)10-3-2-4-10/h9-10,13H,2-5,7-8H2,1H3. The number of hydrogen-bond donors (Lipinski definition) is 1. The van der Waals surface area contributed by atoms with Crippen LogP contribution >= 0.6 is 0 Å². The first kappa shape index (κ1) is 10.5. The van der Waals surface area contributed by atoms with Crippen molar-refractivity contribution in [1.29, 1.82) is 5.26 Å². The molecule has 0 radical (unpaired) electrons. The highest BCUT2D eigenvalue weighted by atomic mass is 16.3. The molecule has 1 rings (SSSR count). The maximum absolute atomic E-state index is 8.90. The van der Waals surface area contributed by atoms with Crippen LogP contribution in [0.15, 0.2) is 0 Å². The van der Waals surface area contributed by atoms with E-state index in [0.717, 1.165) is 0 Å². The summed E-state index contributed by atoms with van der Waals surface area (Å²) in [4.78, 5) is 2.27. The van der Waals surface area contributed by atoms with Crippen LogP contribution in [0.2, 0.25) is 0 Å². The largest absolute Gasteiger partial charge is 0.395 e. The molecule has 1 aliphatic rings. The van der Waals surface area contributed by atoms with Gasteiger partial charge in [-0.15, -0.1) is 0 Å². The van der Waals surface area contributed by atoms with Crippen LogP contribution in [0, 0.1) is 11.3 Å². The molecule has 0 aromatic carbocycles. The maximum atomic E-state index is 8.90. The topological polar surface area (TPSA) is 47.3 Å². The zero-order valence-corrected chi connectivity index (χ0v) is 8.24. The molecule has 0 aromatic rings. The minimum atomic E-state index is 0.201. The van der Waals surface area contributed by atoms with Crippen LogP contribution < -0.4 is 0 Å². The molecule has 1 aliphatic carbocycles. The van der Waals surface area contributed by atoms with E-state index >= 15 is 0 Å². The molecule has 0 aliphatic heterocycles. The molecule has 3 nitrogen and oxygen atoms in total. The number of aliphatic hydroxyl groups is 1. The van der Waals surface area contributed by atoms with Gasteiger partial charge in [-0.3, -0.25) is 4.90 Å². The third-order valence-corrected chi connectivity index (χ3v) is 2.85. The normalized spacial score (nSPS) is 19.5. The number of rotatable bonds is 5. The monoisotopic (exact) mass is 182 g/mol. The Bertz CT molecular complexity index is 184. The van der Waals surface area contributed by atoms with E-state index in [-0.39, 0.29) is 6.61 Å². The van der Waals surface area contributed by atoms with E-state index in [2.05, 4.69) is 17.9 Å². The minimum Gasteiger partial charge on any atom is -0.395 e. The molecule has 74 valence electrons. The lowest BCUT2D eigenvalue weighted by Gasteiger charge is -2.40. The summed E-state index contributed by atoms with van der Waals surface area (Å²) >= 11 is 0. The fourth-order valence-corrected chi connectivity index (χ4v) is 1.85. The van der Waals surface area contributed by atoms with Crippen molar-refractivity contribution in [1.82, 2.24) is 4.90 Å². The van der Waals surface area contributed by atoms with Crippen LogP contribution in [0.3, 0.4) is 0 Å². The van der Waals surface area contributed by atoms with Crippen LogP contribution in [-0.4, -0.2) is 35.2 Å². The Balaban J connectivity index is 2.40. The summed E-state index contributed by atoms with van der Waals surface area (Å²) in [5.41, 5.74) is 0. The van der Waals surface area contributed by atoms with Crippen LogP contribution in [-0.2, 0) is 0 Å². The Morgan fingerprint density at radius 2 is 2.31 bits per heavy atom. The Hall–Kier alpha value is -0.590. The molecular weight excluding hydrogens is 164 g/mol.